The molecule has 0 aliphatic carbocycles. The predicted octanol–water partition coefficient (Wildman–Crippen LogP) is 3.07. The van der Waals surface area contributed by atoms with Crippen LogP contribution in [0.2, 0.25) is 0 Å². The fraction of sp³-hybridized carbons (Fsp3) is 0.533. The molecule has 2 N–H and O–H groups in total. The number of hydrogen-bond acceptors (Lipinski definition) is 3. The summed E-state index contributed by atoms with van der Waals surface area (Å²) in [6.07, 6.45) is -4.86. The molecule has 0 radical (unpaired) electrons. The number of alkyl halides is 3. The zero-order valence-corrected chi connectivity index (χ0v) is 12.5. The van der Waals surface area contributed by atoms with Gasteiger partial charge in [0.1, 0.15) is 11.6 Å². The van der Waals surface area contributed by atoms with Crippen LogP contribution in [0.15, 0.2) is 12.1 Å². The van der Waals surface area contributed by atoms with Gasteiger partial charge in [0.05, 0.1) is 11.2 Å². The normalized spacial score (nSPS) is 32.8. The molecule has 1 saturated heterocycles. The lowest BCUT2D eigenvalue weighted by Crippen LogP contribution is -2.56. The molecule has 0 unspecified atom stereocenters. The fourth-order valence-electron chi connectivity index (χ4n) is 3.11. The summed E-state index contributed by atoms with van der Waals surface area (Å²) < 4.78 is 94.0. The lowest BCUT2D eigenvalue weighted by atomic mass is 9.77. The Morgan fingerprint density at radius 3 is 2.54 bits per heavy atom. The maximum absolute atomic E-state index is 14.2. The van der Waals surface area contributed by atoms with E-state index in [0.29, 0.717) is 6.07 Å². The van der Waals surface area contributed by atoms with E-state index in [-0.39, 0.29) is 0 Å². The van der Waals surface area contributed by atoms with E-state index in [1.165, 1.54) is 0 Å². The molecule has 2 rings (SSSR count). The van der Waals surface area contributed by atoms with Gasteiger partial charge in [-0.2, -0.15) is 17.6 Å². The van der Waals surface area contributed by atoms with E-state index in [0.717, 1.165) is 19.9 Å². The molecule has 9 heteroatoms. The van der Waals surface area contributed by atoms with Crippen molar-refractivity contribution >= 4 is 5.97 Å². The number of nitrogens with one attached hydrogen (secondary N) is 1. The van der Waals surface area contributed by atoms with Gasteiger partial charge in [-0.1, -0.05) is 13.0 Å². The molecule has 1 heterocycles. The van der Waals surface area contributed by atoms with Crippen LogP contribution in [0.25, 0.3) is 0 Å². The van der Waals surface area contributed by atoms with Gasteiger partial charge in [0.15, 0.2) is 11.6 Å². The molecule has 1 aromatic rings. The number of carbonyl (C=O) groups is 1. The Morgan fingerprint density at radius 2 is 2.04 bits per heavy atom. The molecule has 4 nitrogen and oxygen atoms in total. The van der Waals surface area contributed by atoms with E-state index in [4.69, 9.17) is 4.11 Å². The highest BCUT2D eigenvalue weighted by Gasteiger charge is 2.64. The average molecular weight is 356 g/mol. The number of ether oxygens (including phenoxy) is 1. The average Bonchev–Trinajstić information content (AvgIpc) is 2.77. The van der Waals surface area contributed by atoms with E-state index in [2.05, 4.69) is 4.74 Å². The van der Waals surface area contributed by atoms with Crippen molar-refractivity contribution in [2.45, 2.75) is 37.5 Å². The second-order valence-corrected chi connectivity index (χ2v) is 5.86. The number of aliphatic carboxylic acids is 1. The van der Waals surface area contributed by atoms with Crippen LogP contribution < -0.4 is 10.1 Å². The summed E-state index contributed by atoms with van der Waals surface area (Å²) in [4.78, 5) is 11.5. The summed E-state index contributed by atoms with van der Waals surface area (Å²) in [7, 11) is -3.23. The van der Waals surface area contributed by atoms with Gasteiger partial charge in [-0.3, -0.25) is 10.1 Å². The monoisotopic (exact) mass is 356 g/mol. The maximum Gasteiger partial charge on any atom is 0.406 e. The van der Waals surface area contributed by atoms with Crippen LogP contribution in [-0.4, -0.2) is 35.9 Å². The first-order chi connectivity index (χ1) is 12.1. The van der Waals surface area contributed by atoms with E-state index in [1.54, 1.807) is 0 Å². The number of carboxylic acid groups (broad SMARTS) is 1. The highest BCUT2D eigenvalue weighted by Crippen LogP contribution is 2.51. The van der Waals surface area contributed by atoms with Crippen molar-refractivity contribution < 1.29 is 40.7 Å². The van der Waals surface area contributed by atoms with Crippen LogP contribution in [0.4, 0.5) is 22.0 Å². The van der Waals surface area contributed by atoms with Crippen molar-refractivity contribution in [2.24, 2.45) is 5.92 Å². The second kappa shape index (κ2) is 5.87. The topological polar surface area (TPSA) is 58.6 Å². The highest BCUT2D eigenvalue weighted by molar-refractivity contribution is 5.76. The summed E-state index contributed by atoms with van der Waals surface area (Å²) in [5.41, 5.74) is -3.14. The summed E-state index contributed by atoms with van der Waals surface area (Å²) in [5, 5.41) is 11.4. The number of halogens is 5. The van der Waals surface area contributed by atoms with Crippen LogP contribution in [0.3, 0.4) is 0 Å². The first kappa shape index (κ1) is 14.4. The van der Waals surface area contributed by atoms with E-state index >= 15 is 0 Å². The number of methoxy groups -OCH3 is 1. The SMILES string of the molecule is [2H]C([2H])([2H])Oc1c([C@H]2[C@H](C(=O)O)N[C@@](C)(C(F)(F)F)[C@H]2C)ccc(F)c1F. The molecule has 1 aliphatic heterocycles. The molecular formula is C15H16F5NO3. The van der Waals surface area contributed by atoms with Crippen LogP contribution in [0.5, 0.6) is 5.75 Å². The van der Waals surface area contributed by atoms with Crippen molar-refractivity contribution in [1.82, 2.24) is 5.32 Å². The summed E-state index contributed by atoms with van der Waals surface area (Å²) in [5.74, 6) is -9.01. The second-order valence-electron chi connectivity index (χ2n) is 5.86. The Labute approximate surface area is 138 Å². The van der Waals surface area contributed by atoms with Gasteiger partial charge in [-0.25, -0.2) is 4.39 Å². The molecule has 0 spiro atoms. The molecule has 4 atom stereocenters. The molecule has 0 amide bonds. The lowest BCUT2D eigenvalue weighted by Gasteiger charge is -2.33. The van der Waals surface area contributed by atoms with Gasteiger partial charge in [-0.15, -0.1) is 0 Å². The van der Waals surface area contributed by atoms with E-state index in [9.17, 15) is 31.9 Å². The quantitative estimate of drug-likeness (QED) is 0.818. The number of carboxylic acids is 1. The smallest absolute Gasteiger partial charge is 0.406 e. The Kier molecular flexibility index (Phi) is 3.53. The Morgan fingerprint density at radius 1 is 1.42 bits per heavy atom. The van der Waals surface area contributed by atoms with Crippen LogP contribution >= 0.6 is 0 Å². The molecule has 0 aromatic heterocycles. The maximum atomic E-state index is 14.2. The van der Waals surface area contributed by atoms with Gasteiger partial charge in [-0.05, 0) is 18.9 Å². The summed E-state index contributed by atoms with van der Waals surface area (Å²) >= 11 is 0. The van der Waals surface area contributed by atoms with Crippen LogP contribution in [0, 0.1) is 17.6 Å². The standard InChI is InChI=1S/C15H16F5NO3/c1-6-9(7-4-5-8(16)10(17)12(7)24-3)11(13(22)23)21-14(6,2)15(18,19)20/h4-6,9,11,21H,1-3H3,(H,22,23)/t6-,9-,11+,14+/m0/s1/i3D3. The first-order valence-corrected chi connectivity index (χ1v) is 6.84. The molecule has 1 aliphatic rings. The van der Waals surface area contributed by atoms with Crippen molar-refractivity contribution in [3.63, 3.8) is 0 Å². The third kappa shape index (κ3) is 2.60. The lowest BCUT2D eigenvalue weighted by molar-refractivity contribution is -0.198. The fourth-order valence-corrected chi connectivity index (χ4v) is 3.11. The first-order valence-electron chi connectivity index (χ1n) is 8.34. The van der Waals surface area contributed by atoms with Gasteiger partial charge in [0.2, 0.25) is 5.82 Å². The molecule has 0 bridgehead atoms. The molecule has 0 saturated carbocycles. The van der Waals surface area contributed by atoms with Gasteiger partial charge < -0.3 is 9.84 Å². The van der Waals surface area contributed by atoms with Crippen molar-refractivity contribution in [3.05, 3.63) is 29.3 Å². The van der Waals surface area contributed by atoms with Gasteiger partial charge in [0, 0.05) is 11.5 Å². The summed E-state index contributed by atoms with van der Waals surface area (Å²) in [6, 6.07) is -0.429. The Balaban J connectivity index is 2.68. The Bertz CT molecular complexity index is 755. The van der Waals surface area contributed by atoms with Crippen molar-refractivity contribution in [3.8, 4) is 5.75 Å². The van der Waals surface area contributed by atoms with Gasteiger partial charge in [0.25, 0.3) is 0 Å². The molecular weight excluding hydrogens is 337 g/mol. The van der Waals surface area contributed by atoms with E-state index < -0.39 is 65.5 Å². The molecule has 134 valence electrons. The number of hydrogen-bond donors (Lipinski definition) is 2. The third-order valence-corrected chi connectivity index (χ3v) is 4.66. The zero-order valence-electron chi connectivity index (χ0n) is 15.5. The third-order valence-electron chi connectivity index (χ3n) is 4.66. The highest BCUT2D eigenvalue weighted by atomic mass is 19.4. The largest absolute Gasteiger partial charge is 0.493 e. The van der Waals surface area contributed by atoms with Crippen LogP contribution in [0.1, 0.15) is 29.4 Å². The molecule has 1 fully saturated rings. The van der Waals surface area contributed by atoms with Crippen molar-refractivity contribution in [1.29, 1.82) is 0 Å². The van der Waals surface area contributed by atoms with E-state index in [1.807, 2.05) is 5.32 Å². The molecule has 24 heavy (non-hydrogen) atoms. The van der Waals surface area contributed by atoms with Gasteiger partial charge >= 0.3 is 12.1 Å². The number of rotatable bonds is 3. The minimum atomic E-state index is -4.86. The zero-order chi connectivity index (χ0) is 20.9. The minimum absolute atomic E-state index is 0.481. The Hall–Kier alpha value is -1.90. The minimum Gasteiger partial charge on any atom is -0.493 e. The predicted molar refractivity (Wildman–Crippen MR) is 73.8 cm³/mol. The molecule has 1 aromatic carbocycles. The summed E-state index contributed by atoms with van der Waals surface area (Å²) in [6.45, 7) is 1.84. The van der Waals surface area contributed by atoms with Crippen molar-refractivity contribution in [2.75, 3.05) is 7.04 Å². The van der Waals surface area contributed by atoms with Crippen LogP contribution in [-0.2, 0) is 4.79 Å². The number of benzene rings is 1.